The van der Waals surface area contributed by atoms with Gasteiger partial charge in [0.2, 0.25) is 5.95 Å². The van der Waals surface area contributed by atoms with Crippen molar-refractivity contribution in [2.75, 3.05) is 18.0 Å². The van der Waals surface area contributed by atoms with Crippen LogP contribution in [0.25, 0.3) is 27.9 Å². The Bertz CT molecular complexity index is 1080. The lowest BCUT2D eigenvalue weighted by Gasteiger charge is -2.28. The lowest BCUT2D eigenvalue weighted by molar-refractivity contribution is 0.567. The standard InChI is InChI=1S/C20H18ClN5/c21-15-9-10-16-17(13-15)22-20(25-11-5-2-6-12-25)26-18(23-24-19(16)26)14-7-3-1-4-8-14/h1,3-4,7-10,13H,2,5-6,11-12H2. The second kappa shape index (κ2) is 6.25. The zero-order chi connectivity index (χ0) is 17.5. The van der Waals surface area contributed by atoms with Crippen LogP contribution in [0.5, 0.6) is 0 Å². The Labute approximate surface area is 156 Å². The number of hydrogen-bond acceptors (Lipinski definition) is 4. The Morgan fingerprint density at radius 2 is 1.69 bits per heavy atom. The third kappa shape index (κ3) is 2.51. The number of halogens is 1. The number of piperidine rings is 1. The highest BCUT2D eigenvalue weighted by molar-refractivity contribution is 6.31. The first-order valence-corrected chi connectivity index (χ1v) is 9.34. The fraction of sp³-hybridized carbons (Fsp3) is 0.250. The van der Waals surface area contributed by atoms with Crippen LogP contribution < -0.4 is 4.90 Å². The normalized spacial score (nSPS) is 15.0. The number of anilines is 1. The van der Waals surface area contributed by atoms with E-state index in [1.807, 2.05) is 36.4 Å². The quantitative estimate of drug-likeness (QED) is 0.522. The number of hydrogen-bond donors (Lipinski definition) is 0. The minimum atomic E-state index is 0.682. The predicted molar refractivity (Wildman–Crippen MR) is 105 cm³/mol. The fourth-order valence-corrected chi connectivity index (χ4v) is 3.84. The van der Waals surface area contributed by atoms with Crippen molar-refractivity contribution in [1.29, 1.82) is 0 Å². The molecule has 0 radical (unpaired) electrons. The van der Waals surface area contributed by atoms with Gasteiger partial charge in [-0.25, -0.2) is 9.38 Å². The van der Waals surface area contributed by atoms with Gasteiger partial charge in [0.25, 0.3) is 0 Å². The first-order chi connectivity index (χ1) is 12.8. The first-order valence-electron chi connectivity index (χ1n) is 8.96. The number of rotatable bonds is 2. The van der Waals surface area contributed by atoms with Gasteiger partial charge >= 0.3 is 0 Å². The van der Waals surface area contributed by atoms with E-state index in [2.05, 4.69) is 31.6 Å². The molecule has 0 aliphatic carbocycles. The summed E-state index contributed by atoms with van der Waals surface area (Å²) in [6.45, 7) is 2.00. The number of benzene rings is 2. The molecule has 0 saturated carbocycles. The van der Waals surface area contributed by atoms with Crippen molar-refractivity contribution in [1.82, 2.24) is 19.6 Å². The van der Waals surface area contributed by atoms with Crippen LogP contribution in [0.15, 0.2) is 48.5 Å². The molecule has 130 valence electrons. The van der Waals surface area contributed by atoms with Crippen LogP contribution in [0.4, 0.5) is 5.95 Å². The van der Waals surface area contributed by atoms with Crippen molar-refractivity contribution in [3.63, 3.8) is 0 Å². The Morgan fingerprint density at radius 1 is 0.885 bits per heavy atom. The summed E-state index contributed by atoms with van der Waals surface area (Å²) in [4.78, 5) is 7.31. The van der Waals surface area contributed by atoms with Crippen molar-refractivity contribution in [2.45, 2.75) is 19.3 Å². The van der Waals surface area contributed by atoms with E-state index in [0.717, 1.165) is 47.0 Å². The highest BCUT2D eigenvalue weighted by Crippen LogP contribution is 2.30. The zero-order valence-corrected chi connectivity index (χ0v) is 15.0. The molecule has 3 heterocycles. The summed E-state index contributed by atoms with van der Waals surface area (Å²) in [6, 6.07) is 15.9. The highest BCUT2D eigenvalue weighted by atomic mass is 35.5. The van der Waals surface area contributed by atoms with Crippen molar-refractivity contribution in [3.05, 3.63) is 53.6 Å². The second-order valence-electron chi connectivity index (χ2n) is 6.67. The Kier molecular flexibility index (Phi) is 3.75. The molecule has 2 aromatic heterocycles. The molecule has 1 fully saturated rings. The van der Waals surface area contributed by atoms with E-state index in [1.165, 1.54) is 19.3 Å². The lowest BCUT2D eigenvalue weighted by atomic mass is 10.1. The van der Waals surface area contributed by atoms with E-state index >= 15 is 0 Å². The molecule has 1 aliphatic rings. The largest absolute Gasteiger partial charge is 0.342 e. The van der Waals surface area contributed by atoms with Crippen molar-refractivity contribution < 1.29 is 0 Å². The van der Waals surface area contributed by atoms with Gasteiger partial charge in [0.05, 0.1) is 5.52 Å². The van der Waals surface area contributed by atoms with Gasteiger partial charge in [0.15, 0.2) is 11.5 Å². The van der Waals surface area contributed by atoms with Gasteiger partial charge in [-0.15, -0.1) is 10.2 Å². The van der Waals surface area contributed by atoms with Crippen LogP contribution >= 0.6 is 11.6 Å². The van der Waals surface area contributed by atoms with Gasteiger partial charge < -0.3 is 4.90 Å². The van der Waals surface area contributed by atoms with Crippen molar-refractivity contribution >= 4 is 34.1 Å². The maximum absolute atomic E-state index is 6.21. The van der Waals surface area contributed by atoms with Crippen LogP contribution in [0.2, 0.25) is 5.02 Å². The molecule has 26 heavy (non-hydrogen) atoms. The summed E-state index contributed by atoms with van der Waals surface area (Å²) >= 11 is 6.21. The molecule has 0 N–H and O–H groups in total. The summed E-state index contributed by atoms with van der Waals surface area (Å²) in [5, 5.41) is 10.7. The molecule has 2 aromatic carbocycles. The van der Waals surface area contributed by atoms with Crippen LogP contribution in [-0.4, -0.2) is 32.7 Å². The van der Waals surface area contributed by atoms with Crippen molar-refractivity contribution in [2.24, 2.45) is 0 Å². The summed E-state index contributed by atoms with van der Waals surface area (Å²) in [5.41, 5.74) is 2.72. The number of aromatic nitrogens is 4. The van der Waals surface area contributed by atoms with E-state index < -0.39 is 0 Å². The average molecular weight is 364 g/mol. The Balaban J connectivity index is 1.84. The Morgan fingerprint density at radius 3 is 2.50 bits per heavy atom. The fourth-order valence-electron chi connectivity index (χ4n) is 3.67. The Hall–Kier alpha value is -2.66. The van der Waals surface area contributed by atoms with E-state index in [-0.39, 0.29) is 0 Å². The molecular weight excluding hydrogens is 346 g/mol. The van der Waals surface area contributed by atoms with Crippen LogP contribution in [0, 0.1) is 0 Å². The molecule has 6 heteroatoms. The van der Waals surface area contributed by atoms with Gasteiger partial charge in [-0.1, -0.05) is 41.9 Å². The maximum atomic E-state index is 6.21. The van der Waals surface area contributed by atoms with E-state index in [4.69, 9.17) is 16.6 Å². The van der Waals surface area contributed by atoms with Crippen LogP contribution in [-0.2, 0) is 0 Å². The number of nitrogens with zero attached hydrogens (tertiary/aromatic N) is 5. The third-order valence-corrected chi connectivity index (χ3v) is 5.19. The highest BCUT2D eigenvalue weighted by Gasteiger charge is 2.21. The molecule has 1 aliphatic heterocycles. The molecular formula is C20H18ClN5. The maximum Gasteiger partial charge on any atom is 0.213 e. The van der Waals surface area contributed by atoms with Crippen LogP contribution in [0.3, 0.4) is 0 Å². The molecule has 1 saturated heterocycles. The average Bonchev–Trinajstić information content (AvgIpc) is 3.14. The van der Waals surface area contributed by atoms with E-state index in [0.29, 0.717) is 5.02 Å². The smallest absolute Gasteiger partial charge is 0.213 e. The van der Waals surface area contributed by atoms with Gasteiger partial charge in [0, 0.05) is 29.1 Å². The van der Waals surface area contributed by atoms with E-state index in [1.54, 1.807) is 0 Å². The molecule has 0 unspecified atom stereocenters. The minimum Gasteiger partial charge on any atom is -0.342 e. The molecule has 5 nitrogen and oxygen atoms in total. The monoisotopic (exact) mass is 363 g/mol. The SMILES string of the molecule is Clc1ccc2c(c1)nc(N1CCCCC1)n1c(-c3ccccc3)nnc21. The van der Waals surface area contributed by atoms with Crippen molar-refractivity contribution in [3.8, 4) is 11.4 Å². The van der Waals surface area contributed by atoms with Gasteiger partial charge in [-0.3, -0.25) is 0 Å². The summed E-state index contributed by atoms with van der Waals surface area (Å²) in [5.74, 6) is 1.73. The topological polar surface area (TPSA) is 46.3 Å². The van der Waals surface area contributed by atoms with Gasteiger partial charge in [-0.05, 0) is 37.5 Å². The summed E-state index contributed by atoms with van der Waals surface area (Å²) in [6.07, 6.45) is 3.63. The molecule has 0 amide bonds. The minimum absolute atomic E-state index is 0.682. The van der Waals surface area contributed by atoms with Gasteiger partial charge in [0.1, 0.15) is 0 Å². The molecule has 0 bridgehead atoms. The lowest BCUT2D eigenvalue weighted by Crippen LogP contribution is -2.32. The van der Waals surface area contributed by atoms with Crippen LogP contribution in [0.1, 0.15) is 19.3 Å². The molecule has 0 spiro atoms. The summed E-state index contributed by atoms with van der Waals surface area (Å²) in [7, 11) is 0. The summed E-state index contributed by atoms with van der Waals surface area (Å²) < 4.78 is 2.09. The number of fused-ring (bicyclic) bond motifs is 3. The second-order valence-corrected chi connectivity index (χ2v) is 7.11. The first kappa shape index (κ1) is 15.6. The predicted octanol–water partition coefficient (Wildman–Crippen LogP) is 4.59. The van der Waals surface area contributed by atoms with E-state index in [9.17, 15) is 0 Å². The molecule has 4 aromatic rings. The third-order valence-electron chi connectivity index (χ3n) is 4.96. The molecule has 0 atom stereocenters. The molecule has 5 rings (SSSR count). The van der Waals surface area contributed by atoms with Gasteiger partial charge in [-0.2, -0.15) is 0 Å². The zero-order valence-electron chi connectivity index (χ0n) is 14.3.